The molecule has 3 heterocycles. The standard InChI is InChI=1S/C20H28N4O2.HI/c1-22-11-13-23(14-12-22)17(15-5-3-2-4-6-15)18(25)24-16-7-9-20(24,10-8-16)19(21)26;/h2-6,16-17H,7-14H2,1H3,(H2,21,26);1H. The number of halogens is 1. The lowest BCUT2D eigenvalue weighted by atomic mass is 9.87. The highest BCUT2D eigenvalue weighted by Crippen LogP contribution is 2.48. The number of hydrogen-bond acceptors (Lipinski definition) is 4. The first-order valence-corrected chi connectivity index (χ1v) is 9.63. The zero-order chi connectivity index (χ0) is 18.3. The van der Waals surface area contributed by atoms with Crippen LogP contribution in [0.4, 0.5) is 0 Å². The van der Waals surface area contributed by atoms with Crippen LogP contribution in [0.25, 0.3) is 0 Å². The van der Waals surface area contributed by atoms with E-state index in [-0.39, 0.29) is 47.9 Å². The van der Waals surface area contributed by atoms with Crippen LogP contribution in [0.2, 0.25) is 0 Å². The molecule has 4 rings (SSSR count). The summed E-state index contributed by atoms with van der Waals surface area (Å²) < 4.78 is 0. The van der Waals surface area contributed by atoms with Gasteiger partial charge in [0, 0.05) is 32.2 Å². The Hall–Kier alpha value is -1.19. The van der Waals surface area contributed by atoms with Gasteiger partial charge >= 0.3 is 0 Å². The molecule has 2 amide bonds. The molecule has 3 fully saturated rings. The van der Waals surface area contributed by atoms with E-state index in [2.05, 4.69) is 16.8 Å². The van der Waals surface area contributed by atoms with Crippen molar-refractivity contribution in [3.63, 3.8) is 0 Å². The van der Waals surface area contributed by atoms with Crippen molar-refractivity contribution >= 4 is 35.8 Å². The van der Waals surface area contributed by atoms with Crippen LogP contribution in [0.1, 0.15) is 37.3 Å². The van der Waals surface area contributed by atoms with E-state index in [1.165, 1.54) is 0 Å². The summed E-state index contributed by atoms with van der Waals surface area (Å²) in [6, 6.07) is 9.81. The van der Waals surface area contributed by atoms with E-state index in [0.29, 0.717) is 12.8 Å². The van der Waals surface area contributed by atoms with Crippen molar-refractivity contribution in [2.75, 3.05) is 33.2 Å². The van der Waals surface area contributed by atoms with E-state index < -0.39 is 5.54 Å². The molecular weight excluding hydrogens is 455 g/mol. The third-order valence-corrected chi connectivity index (χ3v) is 6.56. The summed E-state index contributed by atoms with van der Waals surface area (Å²) >= 11 is 0. The van der Waals surface area contributed by atoms with Gasteiger partial charge in [-0.2, -0.15) is 0 Å². The number of primary amides is 1. The molecule has 3 aliphatic heterocycles. The van der Waals surface area contributed by atoms with Gasteiger partial charge < -0.3 is 15.5 Å². The lowest BCUT2D eigenvalue weighted by Crippen LogP contribution is -2.58. The molecule has 27 heavy (non-hydrogen) atoms. The molecule has 7 heteroatoms. The van der Waals surface area contributed by atoms with Crippen LogP contribution >= 0.6 is 24.0 Å². The highest BCUT2D eigenvalue weighted by Gasteiger charge is 2.58. The molecule has 2 bridgehead atoms. The molecule has 3 saturated heterocycles. The van der Waals surface area contributed by atoms with Crippen LogP contribution in [-0.2, 0) is 9.59 Å². The molecule has 0 radical (unpaired) electrons. The Morgan fingerprint density at radius 3 is 2.22 bits per heavy atom. The number of carbonyl (C=O) groups excluding carboxylic acids is 2. The van der Waals surface area contributed by atoms with Gasteiger partial charge in [0.05, 0.1) is 0 Å². The molecule has 0 saturated carbocycles. The Morgan fingerprint density at radius 2 is 1.67 bits per heavy atom. The normalized spacial score (nSPS) is 29.4. The smallest absolute Gasteiger partial charge is 0.245 e. The van der Waals surface area contributed by atoms with Crippen LogP contribution < -0.4 is 5.73 Å². The molecule has 0 aliphatic carbocycles. The fourth-order valence-electron chi connectivity index (χ4n) is 5.04. The van der Waals surface area contributed by atoms with Gasteiger partial charge in [-0.3, -0.25) is 14.5 Å². The minimum atomic E-state index is -0.763. The van der Waals surface area contributed by atoms with Crippen LogP contribution in [-0.4, -0.2) is 71.3 Å². The summed E-state index contributed by atoms with van der Waals surface area (Å²) in [4.78, 5) is 32.5. The second-order valence-electron chi connectivity index (χ2n) is 7.99. The summed E-state index contributed by atoms with van der Waals surface area (Å²) in [6.07, 6.45) is 3.20. The average molecular weight is 484 g/mol. The first-order chi connectivity index (χ1) is 12.5. The molecule has 1 aromatic carbocycles. The Morgan fingerprint density at radius 1 is 1.07 bits per heavy atom. The molecule has 0 aromatic heterocycles. The highest BCUT2D eigenvalue weighted by atomic mass is 127. The number of likely N-dealkylation sites (N-methyl/N-ethyl adjacent to an activating group) is 1. The van der Waals surface area contributed by atoms with E-state index in [1.54, 1.807) is 0 Å². The summed E-state index contributed by atoms with van der Waals surface area (Å²) in [5.41, 5.74) is 6.03. The summed E-state index contributed by atoms with van der Waals surface area (Å²) in [5, 5.41) is 0. The molecule has 3 aliphatic rings. The fraction of sp³-hybridized carbons (Fsp3) is 0.600. The maximum absolute atomic E-state index is 13.8. The first-order valence-electron chi connectivity index (χ1n) is 9.63. The predicted octanol–water partition coefficient (Wildman–Crippen LogP) is 1.60. The van der Waals surface area contributed by atoms with Crippen molar-refractivity contribution in [1.82, 2.24) is 14.7 Å². The number of rotatable bonds is 4. The van der Waals surface area contributed by atoms with E-state index >= 15 is 0 Å². The fourth-order valence-corrected chi connectivity index (χ4v) is 5.04. The van der Waals surface area contributed by atoms with Crippen LogP contribution in [0.3, 0.4) is 0 Å². The van der Waals surface area contributed by atoms with E-state index in [4.69, 9.17) is 5.73 Å². The van der Waals surface area contributed by atoms with Gasteiger partial charge in [0.15, 0.2) is 0 Å². The molecule has 1 atom stereocenters. The number of nitrogens with zero attached hydrogens (tertiary/aromatic N) is 3. The average Bonchev–Trinajstić information content (AvgIpc) is 3.21. The van der Waals surface area contributed by atoms with Gasteiger partial charge in [-0.15, -0.1) is 24.0 Å². The zero-order valence-corrected chi connectivity index (χ0v) is 18.2. The second kappa shape index (κ2) is 8.05. The summed E-state index contributed by atoms with van der Waals surface area (Å²) in [5.74, 6) is -0.282. The first kappa shape index (κ1) is 20.5. The molecule has 1 aromatic rings. The summed E-state index contributed by atoms with van der Waals surface area (Å²) in [6.45, 7) is 3.59. The Balaban J connectivity index is 0.00000210. The highest BCUT2D eigenvalue weighted by molar-refractivity contribution is 14.0. The lowest BCUT2D eigenvalue weighted by molar-refractivity contribution is -0.147. The number of nitrogens with two attached hydrogens (primary N) is 1. The molecular formula is C20H29IN4O2. The maximum atomic E-state index is 13.8. The minimum absolute atomic E-state index is 0. The molecule has 2 N–H and O–H groups in total. The number of hydrogen-bond donors (Lipinski definition) is 1. The van der Waals surface area contributed by atoms with Crippen molar-refractivity contribution in [1.29, 1.82) is 0 Å². The van der Waals surface area contributed by atoms with Gasteiger partial charge in [0.1, 0.15) is 11.6 Å². The minimum Gasteiger partial charge on any atom is -0.368 e. The Kier molecular flexibility index (Phi) is 6.12. The number of amides is 2. The van der Waals surface area contributed by atoms with Gasteiger partial charge in [0.25, 0.3) is 0 Å². The third kappa shape index (κ3) is 3.49. The SMILES string of the molecule is CN1CCN(C(C(=O)N2C3CCC2(C(N)=O)CC3)c2ccccc2)CC1.I. The number of carbonyl (C=O) groups is 2. The van der Waals surface area contributed by atoms with E-state index in [0.717, 1.165) is 44.6 Å². The van der Waals surface area contributed by atoms with E-state index in [1.807, 2.05) is 35.2 Å². The van der Waals surface area contributed by atoms with Gasteiger partial charge in [-0.25, -0.2) is 0 Å². The zero-order valence-electron chi connectivity index (χ0n) is 15.8. The van der Waals surface area contributed by atoms with Crippen molar-refractivity contribution in [3.05, 3.63) is 35.9 Å². The number of benzene rings is 1. The second-order valence-corrected chi connectivity index (χ2v) is 7.99. The number of piperazine rings is 1. The van der Waals surface area contributed by atoms with Gasteiger partial charge in [-0.1, -0.05) is 30.3 Å². The monoisotopic (exact) mass is 484 g/mol. The van der Waals surface area contributed by atoms with Crippen LogP contribution in [0.5, 0.6) is 0 Å². The quantitative estimate of drug-likeness (QED) is 0.660. The topological polar surface area (TPSA) is 69.9 Å². The number of fused-ring (bicyclic) bond motifs is 2. The van der Waals surface area contributed by atoms with Crippen molar-refractivity contribution in [2.45, 2.75) is 43.3 Å². The molecule has 0 spiro atoms. The van der Waals surface area contributed by atoms with Crippen LogP contribution in [0.15, 0.2) is 30.3 Å². The Bertz CT molecular complexity index is 682. The van der Waals surface area contributed by atoms with Crippen molar-refractivity contribution in [2.24, 2.45) is 5.73 Å². The lowest BCUT2D eigenvalue weighted by Gasteiger charge is -2.41. The predicted molar refractivity (Wildman–Crippen MR) is 115 cm³/mol. The maximum Gasteiger partial charge on any atom is 0.245 e. The summed E-state index contributed by atoms with van der Waals surface area (Å²) in [7, 11) is 2.11. The third-order valence-electron chi connectivity index (χ3n) is 6.56. The van der Waals surface area contributed by atoms with Crippen LogP contribution in [0, 0.1) is 0 Å². The molecule has 1 unspecified atom stereocenters. The van der Waals surface area contributed by atoms with Crippen molar-refractivity contribution < 1.29 is 9.59 Å². The Labute approximate surface area is 178 Å². The molecule has 148 valence electrons. The largest absolute Gasteiger partial charge is 0.368 e. The van der Waals surface area contributed by atoms with Gasteiger partial charge in [0.2, 0.25) is 11.8 Å². The van der Waals surface area contributed by atoms with Gasteiger partial charge in [-0.05, 0) is 38.3 Å². The molecule has 6 nitrogen and oxygen atoms in total. The van der Waals surface area contributed by atoms with E-state index in [9.17, 15) is 9.59 Å². The van der Waals surface area contributed by atoms with Crippen molar-refractivity contribution in [3.8, 4) is 0 Å².